The highest BCUT2D eigenvalue weighted by atomic mass is 32.2. The summed E-state index contributed by atoms with van der Waals surface area (Å²) >= 11 is 0. The van der Waals surface area contributed by atoms with Crippen LogP contribution in [0.25, 0.3) is 0 Å². The van der Waals surface area contributed by atoms with Crippen molar-refractivity contribution in [1.29, 1.82) is 0 Å². The summed E-state index contributed by atoms with van der Waals surface area (Å²) in [5.74, 6) is -1.26. The van der Waals surface area contributed by atoms with Crippen LogP contribution in [0.5, 0.6) is 0 Å². The van der Waals surface area contributed by atoms with Crippen LogP contribution in [0.3, 0.4) is 0 Å². The van der Waals surface area contributed by atoms with Gasteiger partial charge in [-0.05, 0) is 19.1 Å². The zero-order valence-electron chi connectivity index (χ0n) is 12.5. The van der Waals surface area contributed by atoms with Gasteiger partial charge in [0.15, 0.2) is 9.84 Å². The third kappa shape index (κ3) is 4.46. The molecule has 0 unspecified atom stereocenters. The Labute approximate surface area is 129 Å². The van der Waals surface area contributed by atoms with Gasteiger partial charge in [-0.25, -0.2) is 8.42 Å². The monoisotopic (exact) mass is 336 g/mol. The first-order valence-corrected chi connectivity index (χ1v) is 9.03. The quantitative estimate of drug-likeness (QED) is 0.908. The standard InChI is InChI=1S/C15H20F3NO2S/c1-12-2-4-14(5-3-12)22(20,21)11-10-19-8-6-13(7-9-19)15(16,17)18/h2-5,13H,6-11H2,1H3/p+1. The number of hydrogen-bond donors (Lipinski definition) is 1. The molecule has 1 aromatic carbocycles. The minimum absolute atomic E-state index is 0.0257. The molecule has 0 aromatic heterocycles. The van der Waals surface area contributed by atoms with Crippen LogP contribution in [0.1, 0.15) is 18.4 Å². The van der Waals surface area contributed by atoms with Crippen molar-refractivity contribution in [2.45, 2.75) is 30.8 Å². The van der Waals surface area contributed by atoms with E-state index >= 15 is 0 Å². The molecule has 1 aliphatic rings. The molecular formula is C15H21F3NO2S+. The van der Waals surface area contributed by atoms with Gasteiger partial charge in [-0.1, -0.05) is 17.7 Å². The lowest BCUT2D eigenvalue weighted by Gasteiger charge is -2.30. The fourth-order valence-electron chi connectivity index (χ4n) is 2.75. The van der Waals surface area contributed by atoms with Crippen LogP contribution in [0.4, 0.5) is 13.2 Å². The molecule has 1 saturated heterocycles. The molecule has 22 heavy (non-hydrogen) atoms. The fraction of sp³-hybridized carbons (Fsp3) is 0.600. The van der Waals surface area contributed by atoms with E-state index < -0.39 is 21.9 Å². The molecule has 7 heteroatoms. The number of benzene rings is 1. The SMILES string of the molecule is Cc1ccc(S(=O)(=O)CC[NH+]2CCC(C(F)(F)F)CC2)cc1. The molecule has 0 atom stereocenters. The molecule has 124 valence electrons. The average molecular weight is 336 g/mol. The molecule has 1 heterocycles. The summed E-state index contributed by atoms with van der Waals surface area (Å²) in [7, 11) is -3.36. The van der Waals surface area contributed by atoms with Crippen LogP contribution in [0.2, 0.25) is 0 Å². The average Bonchev–Trinajstić information content (AvgIpc) is 2.45. The minimum Gasteiger partial charge on any atom is -0.334 e. The highest BCUT2D eigenvalue weighted by Crippen LogP contribution is 2.31. The van der Waals surface area contributed by atoms with E-state index in [1.165, 1.54) is 0 Å². The maximum absolute atomic E-state index is 12.6. The van der Waals surface area contributed by atoms with Gasteiger partial charge in [-0.15, -0.1) is 0 Å². The summed E-state index contributed by atoms with van der Waals surface area (Å²) in [6, 6.07) is 6.65. The Morgan fingerprint density at radius 1 is 1.14 bits per heavy atom. The molecule has 0 amide bonds. The molecule has 1 aromatic rings. The van der Waals surface area contributed by atoms with E-state index in [0.717, 1.165) is 10.5 Å². The summed E-state index contributed by atoms with van der Waals surface area (Å²) < 4.78 is 62.2. The highest BCUT2D eigenvalue weighted by molar-refractivity contribution is 7.91. The van der Waals surface area contributed by atoms with Crippen LogP contribution < -0.4 is 4.90 Å². The van der Waals surface area contributed by atoms with Crippen LogP contribution in [-0.4, -0.2) is 40.0 Å². The molecule has 1 fully saturated rings. The predicted molar refractivity (Wildman–Crippen MR) is 77.6 cm³/mol. The predicted octanol–water partition coefficient (Wildman–Crippen LogP) is 1.63. The highest BCUT2D eigenvalue weighted by Gasteiger charge is 2.42. The summed E-state index contributed by atoms with van der Waals surface area (Å²) in [5.41, 5.74) is 0.985. The van der Waals surface area contributed by atoms with Crippen molar-refractivity contribution in [2.24, 2.45) is 5.92 Å². The largest absolute Gasteiger partial charge is 0.392 e. The third-order valence-corrected chi connectivity index (χ3v) is 5.99. The van der Waals surface area contributed by atoms with Crippen molar-refractivity contribution in [3.8, 4) is 0 Å². The lowest BCUT2D eigenvalue weighted by atomic mass is 9.96. The van der Waals surface area contributed by atoms with Crippen molar-refractivity contribution in [3.63, 3.8) is 0 Å². The number of hydrogen-bond acceptors (Lipinski definition) is 2. The molecule has 0 saturated carbocycles. The Hall–Kier alpha value is -1.08. The van der Waals surface area contributed by atoms with Crippen molar-refractivity contribution >= 4 is 9.84 Å². The molecule has 2 rings (SSSR count). The number of aryl methyl sites for hydroxylation is 1. The van der Waals surface area contributed by atoms with E-state index in [1.807, 2.05) is 6.92 Å². The summed E-state index contributed by atoms with van der Waals surface area (Å²) in [6.07, 6.45) is -3.95. The fourth-order valence-corrected chi connectivity index (χ4v) is 4.09. The van der Waals surface area contributed by atoms with Crippen molar-refractivity contribution in [1.82, 2.24) is 0 Å². The summed E-state index contributed by atoms with van der Waals surface area (Å²) in [4.78, 5) is 1.22. The number of halogens is 3. The number of quaternary nitrogens is 1. The van der Waals surface area contributed by atoms with Gasteiger partial charge in [0, 0.05) is 12.8 Å². The van der Waals surface area contributed by atoms with E-state index in [1.54, 1.807) is 24.3 Å². The first-order valence-electron chi connectivity index (χ1n) is 7.38. The van der Waals surface area contributed by atoms with E-state index in [9.17, 15) is 21.6 Å². The zero-order valence-corrected chi connectivity index (χ0v) is 13.3. The van der Waals surface area contributed by atoms with Crippen molar-refractivity contribution < 1.29 is 26.5 Å². The third-order valence-electron chi connectivity index (χ3n) is 4.26. The summed E-state index contributed by atoms with van der Waals surface area (Å²) in [5, 5.41) is 0. The zero-order chi connectivity index (χ0) is 16.4. The van der Waals surface area contributed by atoms with Gasteiger partial charge in [0.2, 0.25) is 0 Å². The van der Waals surface area contributed by atoms with Gasteiger partial charge in [-0.2, -0.15) is 13.2 Å². The molecule has 1 aliphatic heterocycles. The Morgan fingerprint density at radius 3 is 2.18 bits per heavy atom. The Balaban J connectivity index is 1.87. The summed E-state index contributed by atoms with van der Waals surface area (Å²) in [6.45, 7) is 3.01. The van der Waals surface area contributed by atoms with E-state index in [2.05, 4.69) is 0 Å². The Kier molecular flexibility index (Phi) is 5.17. The number of nitrogens with one attached hydrogen (secondary N) is 1. The first-order chi connectivity index (χ1) is 10.2. The number of alkyl halides is 3. The number of piperidine rings is 1. The second kappa shape index (κ2) is 6.58. The Bertz CT molecular complexity index is 588. The number of likely N-dealkylation sites (tertiary alicyclic amines) is 1. The number of rotatable bonds is 4. The lowest BCUT2D eigenvalue weighted by Crippen LogP contribution is -3.13. The van der Waals surface area contributed by atoms with Gasteiger partial charge in [0.1, 0.15) is 5.75 Å². The lowest BCUT2D eigenvalue weighted by molar-refractivity contribution is -0.904. The molecule has 0 spiro atoms. The van der Waals surface area contributed by atoms with Gasteiger partial charge in [0.05, 0.1) is 30.4 Å². The maximum atomic E-state index is 12.6. The van der Waals surface area contributed by atoms with Crippen molar-refractivity contribution in [3.05, 3.63) is 29.8 Å². The normalized spacial score (nSPS) is 23.5. The van der Waals surface area contributed by atoms with E-state index in [0.29, 0.717) is 19.6 Å². The minimum atomic E-state index is -4.13. The molecule has 0 aliphatic carbocycles. The topological polar surface area (TPSA) is 38.6 Å². The van der Waals surface area contributed by atoms with Gasteiger partial charge in [0.25, 0.3) is 0 Å². The van der Waals surface area contributed by atoms with Crippen molar-refractivity contribution in [2.75, 3.05) is 25.4 Å². The van der Waals surface area contributed by atoms with Gasteiger partial charge < -0.3 is 4.90 Å². The van der Waals surface area contributed by atoms with Crippen LogP contribution in [0.15, 0.2) is 29.2 Å². The van der Waals surface area contributed by atoms with E-state index in [4.69, 9.17) is 0 Å². The maximum Gasteiger partial charge on any atom is 0.392 e. The second-order valence-electron chi connectivity index (χ2n) is 5.95. The van der Waals surface area contributed by atoms with E-state index in [-0.39, 0.29) is 23.5 Å². The molecule has 3 nitrogen and oxygen atoms in total. The van der Waals surface area contributed by atoms with Crippen LogP contribution >= 0.6 is 0 Å². The van der Waals surface area contributed by atoms with Gasteiger partial charge >= 0.3 is 6.18 Å². The molecular weight excluding hydrogens is 315 g/mol. The van der Waals surface area contributed by atoms with Crippen LogP contribution in [0, 0.1) is 12.8 Å². The smallest absolute Gasteiger partial charge is 0.334 e. The number of sulfone groups is 1. The van der Waals surface area contributed by atoms with Gasteiger partial charge in [-0.3, -0.25) is 0 Å². The first kappa shape index (κ1) is 17.3. The second-order valence-corrected chi connectivity index (χ2v) is 8.06. The molecule has 1 N–H and O–H groups in total. The van der Waals surface area contributed by atoms with Crippen LogP contribution in [-0.2, 0) is 9.84 Å². The Morgan fingerprint density at radius 2 is 1.68 bits per heavy atom. The molecule has 0 bridgehead atoms. The molecule has 0 radical (unpaired) electrons.